The van der Waals surface area contributed by atoms with Crippen LogP contribution < -0.4 is 5.32 Å². The van der Waals surface area contributed by atoms with Gasteiger partial charge in [0.25, 0.3) is 0 Å². The second kappa shape index (κ2) is 7.25. The Morgan fingerprint density at radius 2 is 2.12 bits per heavy atom. The van der Waals surface area contributed by atoms with Gasteiger partial charge in [0.1, 0.15) is 0 Å². The van der Waals surface area contributed by atoms with Crippen LogP contribution in [0, 0.1) is 5.92 Å². The molecule has 5 rings (SSSR count). The molecule has 3 saturated heterocycles. The van der Waals surface area contributed by atoms with Gasteiger partial charge >= 0.3 is 6.03 Å². The Kier molecular flexibility index (Phi) is 5.27. The second-order valence-corrected chi connectivity index (χ2v) is 7.44. The van der Waals surface area contributed by atoms with Gasteiger partial charge in [-0.2, -0.15) is 0 Å². The van der Waals surface area contributed by atoms with Crippen molar-refractivity contribution in [3.63, 3.8) is 0 Å². The summed E-state index contributed by atoms with van der Waals surface area (Å²) in [7, 11) is 0. The predicted molar refractivity (Wildman–Crippen MR) is 101 cm³/mol. The Morgan fingerprint density at radius 1 is 1.38 bits per heavy atom. The standard InChI is InChI=1S/C17H22N4OS.ClH/c1-2-21(14-11-20-9-7-12(14)8-10-20)17(22)19-16-18-13-5-3-4-6-15(13)23-16;/h3-6,12,14H,2,7-11H2,1H3,(H,18,19,22);1H/t14-;/m0./s1. The van der Waals surface area contributed by atoms with Gasteiger partial charge < -0.3 is 9.80 Å². The number of urea groups is 1. The molecule has 0 spiro atoms. The van der Waals surface area contributed by atoms with Crippen LogP contribution in [0.1, 0.15) is 19.8 Å². The number of anilines is 1. The van der Waals surface area contributed by atoms with Crippen LogP contribution in [-0.2, 0) is 0 Å². The smallest absolute Gasteiger partial charge is 0.320 e. The van der Waals surface area contributed by atoms with Crippen molar-refractivity contribution in [3.05, 3.63) is 24.3 Å². The van der Waals surface area contributed by atoms with E-state index in [0.29, 0.717) is 17.1 Å². The number of fused-ring (bicyclic) bond motifs is 4. The highest BCUT2D eigenvalue weighted by molar-refractivity contribution is 7.22. The average molecular weight is 367 g/mol. The molecule has 5 nitrogen and oxygen atoms in total. The van der Waals surface area contributed by atoms with E-state index in [1.165, 1.54) is 37.3 Å². The molecule has 4 heterocycles. The van der Waals surface area contributed by atoms with Crippen molar-refractivity contribution in [2.45, 2.75) is 25.8 Å². The van der Waals surface area contributed by atoms with Gasteiger partial charge in [-0.3, -0.25) is 5.32 Å². The van der Waals surface area contributed by atoms with Gasteiger partial charge in [-0.25, -0.2) is 9.78 Å². The maximum Gasteiger partial charge on any atom is 0.323 e. The molecule has 0 radical (unpaired) electrons. The van der Waals surface area contributed by atoms with E-state index >= 15 is 0 Å². The first-order valence-electron chi connectivity index (χ1n) is 8.40. The molecule has 2 aromatic rings. The van der Waals surface area contributed by atoms with Crippen LogP contribution in [0.4, 0.5) is 9.93 Å². The molecule has 1 atom stereocenters. The zero-order chi connectivity index (χ0) is 15.8. The van der Waals surface area contributed by atoms with Crippen molar-refractivity contribution in [3.8, 4) is 0 Å². The van der Waals surface area contributed by atoms with Crippen molar-refractivity contribution in [2.24, 2.45) is 5.92 Å². The molecule has 3 fully saturated rings. The monoisotopic (exact) mass is 366 g/mol. The molecule has 1 aromatic heterocycles. The number of rotatable bonds is 3. The van der Waals surface area contributed by atoms with Crippen LogP contribution in [0.15, 0.2) is 24.3 Å². The lowest BCUT2D eigenvalue weighted by atomic mass is 9.83. The molecule has 1 aromatic carbocycles. The Labute approximate surface area is 152 Å². The fourth-order valence-electron chi connectivity index (χ4n) is 3.90. The third-order valence-corrected chi connectivity index (χ3v) is 6.08. The number of nitrogens with zero attached hydrogens (tertiary/aromatic N) is 3. The Bertz CT molecular complexity index is 680. The maximum absolute atomic E-state index is 12.8. The van der Waals surface area contributed by atoms with E-state index in [0.717, 1.165) is 23.3 Å². The number of amides is 2. The molecule has 2 bridgehead atoms. The largest absolute Gasteiger partial charge is 0.323 e. The van der Waals surface area contributed by atoms with Gasteiger partial charge in [0.05, 0.1) is 10.2 Å². The highest BCUT2D eigenvalue weighted by atomic mass is 35.5. The number of halogens is 1. The summed E-state index contributed by atoms with van der Waals surface area (Å²) in [6, 6.07) is 8.32. The molecule has 7 heteroatoms. The number of carbonyl (C=O) groups excluding carboxylic acids is 1. The van der Waals surface area contributed by atoms with E-state index in [9.17, 15) is 4.79 Å². The molecule has 130 valence electrons. The SMILES string of the molecule is CCN(C(=O)Nc1nc2ccccc2s1)[C@H]1CN2CCC1CC2.Cl. The number of thiazole rings is 1. The number of piperidine rings is 3. The normalized spacial score (nSPS) is 25.3. The van der Waals surface area contributed by atoms with E-state index in [1.807, 2.05) is 29.2 Å². The minimum absolute atomic E-state index is 0. The van der Waals surface area contributed by atoms with Crippen molar-refractivity contribution in [1.29, 1.82) is 0 Å². The summed E-state index contributed by atoms with van der Waals surface area (Å²) in [6.07, 6.45) is 2.44. The van der Waals surface area contributed by atoms with Crippen LogP contribution in [0.5, 0.6) is 0 Å². The third kappa shape index (κ3) is 3.23. The summed E-state index contributed by atoms with van der Waals surface area (Å²) in [5.74, 6) is 0.654. The average Bonchev–Trinajstić information content (AvgIpc) is 2.99. The fraction of sp³-hybridized carbons (Fsp3) is 0.529. The maximum atomic E-state index is 12.8. The Morgan fingerprint density at radius 3 is 2.75 bits per heavy atom. The van der Waals surface area contributed by atoms with Gasteiger partial charge in [-0.05, 0) is 50.9 Å². The minimum atomic E-state index is -0.00898. The number of carbonyl (C=O) groups is 1. The molecule has 3 aliphatic rings. The molecule has 1 N–H and O–H groups in total. The molecular formula is C17H23ClN4OS. The van der Waals surface area contributed by atoms with Crippen LogP contribution in [0.3, 0.4) is 0 Å². The van der Waals surface area contributed by atoms with E-state index in [1.54, 1.807) is 0 Å². The number of benzene rings is 1. The number of nitrogens with one attached hydrogen (secondary N) is 1. The molecule has 0 aliphatic carbocycles. The van der Waals surface area contributed by atoms with E-state index in [2.05, 4.69) is 22.1 Å². The van der Waals surface area contributed by atoms with Crippen LogP contribution >= 0.6 is 23.7 Å². The van der Waals surface area contributed by atoms with Crippen molar-refractivity contribution in [2.75, 3.05) is 31.5 Å². The van der Waals surface area contributed by atoms with Crippen LogP contribution in [0.25, 0.3) is 10.2 Å². The summed E-state index contributed by atoms with van der Waals surface area (Å²) in [6.45, 7) is 6.21. The topological polar surface area (TPSA) is 48.5 Å². The first kappa shape index (κ1) is 17.5. The van der Waals surface area contributed by atoms with E-state index in [4.69, 9.17) is 0 Å². The van der Waals surface area contributed by atoms with Gasteiger partial charge in [0.2, 0.25) is 0 Å². The second-order valence-electron chi connectivity index (χ2n) is 6.41. The lowest BCUT2D eigenvalue weighted by Crippen LogP contribution is -2.59. The molecule has 3 aliphatic heterocycles. The minimum Gasteiger partial charge on any atom is -0.320 e. The Hall–Kier alpha value is -1.37. The zero-order valence-electron chi connectivity index (χ0n) is 13.8. The molecule has 0 unspecified atom stereocenters. The van der Waals surface area contributed by atoms with Gasteiger partial charge in [0.15, 0.2) is 5.13 Å². The third-order valence-electron chi connectivity index (χ3n) is 5.13. The van der Waals surface area contributed by atoms with Gasteiger partial charge in [0, 0.05) is 19.1 Å². The Balaban J connectivity index is 0.00000169. The van der Waals surface area contributed by atoms with Crippen molar-refractivity contribution in [1.82, 2.24) is 14.8 Å². The van der Waals surface area contributed by atoms with Crippen LogP contribution in [0.2, 0.25) is 0 Å². The van der Waals surface area contributed by atoms with Crippen LogP contribution in [-0.4, -0.2) is 53.0 Å². The molecule has 2 amide bonds. The number of likely N-dealkylation sites (N-methyl/N-ethyl adjacent to an activating group) is 1. The quantitative estimate of drug-likeness (QED) is 0.901. The molecule has 24 heavy (non-hydrogen) atoms. The first-order valence-corrected chi connectivity index (χ1v) is 9.22. The number of hydrogen-bond acceptors (Lipinski definition) is 4. The predicted octanol–water partition coefficient (Wildman–Crippen LogP) is 3.67. The lowest BCUT2D eigenvalue weighted by Gasteiger charge is -2.48. The van der Waals surface area contributed by atoms with E-state index < -0.39 is 0 Å². The molecular weight excluding hydrogens is 344 g/mol. The van der Waals surface area contributed by atoms with Gasteiger partial charge in [-0.15, -0.1) is 12.4 Å². The first-order chi connectivity index (χ1) is 11.2. The van der Waals surface area contributed by atoms with Gasteiger partial charge in [-0.1, -0.05) is 23.5 Å². The van der Waals surface area contributed by atoms with Crippen molar-refractivity contribution >= 4 is 45.1 Å². The summed E-state index contributed by atoms with van der Waals surface area (Å²) in [4.78, 5) is 21.8. The summed E-state index contributed by atoms with van der Waals surface area (Å²) < 4.78 is 1.11. The number of para-hydroxylation sites is 1. The summed E-state index contributed by atoms with van der Waals surface area (Å²) in [5.41, 5.74) is 0.943. The zero-order valence-corrected chi connectivity index (χ0v) is 15.4. The molecule has 0 saturated carbocycles. The number of aromatic nitrogens is 1. The fourth-order valence-corrected chi connectivity index (χ4v) is 4.76. The highest BCUT2D eigenvalue weighted by Crippen LogP contribution is 2.32. The highest BCUT2D eigenvalue weighted by Gasteiger charge is 2.38. The van der Waals surface area contributed by atoms with E-state index in [-0.39, 0.29) is 18.4 Å². The summed E-state index contributed by atoms with van der Waals surface area (Å²) in [5, 5.41) is 3.71. The van der Waals surface area contributed by atoms with Crippen molar-refractivity contribution < 1.29 is 4.79 Å². The summed E-state index contributed by atoms with van der Waals surface area (Å²) >= 11 is 1.54. The lowest BCUT2D eigenvalue weighted by molar-refractivity contribution is 0.0265. The number of hydrogen-bond donors (Lipinski definition) is 1.